The molecule has 0 aliphatic heterocycles. The first kappa shape index (κ1) is 35.2. The Balaban J connectivity index is 0.924. The minimum Gasteiger partial charge on any atom is -0.456 e. The largest absolute Gasteiger partial charge is 0.456 e. The molecular formula is C57H32N4O2S. The molecule has 14 rings (SSSR count). The lowest BCUT2D eigenvalue weighted by Gasteiger charge is -2.12. The maximum absolute atomic E-state index is 6.32. The highest BCUT2D eigenvalue weighted by Gasteiger charge is 2.20. The van der Waals surface area contributed by atoms with Crippen LogP contribution in [0.3, 0.4) is 0 Å². The van der Waals surface area contributed by atoms with Crippen LogP contribution < -0.4 is 0 Å². The van der Waals surface area contributed by atoms with Gasteiger partial charge in [-0.1, -0.05) is 127 Å². The molecule has 0 unspecified atom stereocenters. The molecule has 0 spiro atoms. The topological polar surface area (TPSA) is 69.9 Å². The molecule has 0 saturated heterocycles. The van der Waals surface area contributed by atoms with Crippen molar-refractivity contribution in [3.63, 3.8) is 0 Å². The summed E-state index contributed by atoms with van der Waals surface area (Å²) in [6.45, 7) is 0. The lowest BCUT2D eigenvalue weighted by Crippen LogP contribution is -2.00. The van der Waals surface area contributed by atoms with Gasteiger partial charge in [-0.2, -0.15) is 0 Å². The zero-order valence-electron chi connectivity index (χ0n) is 34.0. The SMILES string of the molecule is c1cc(-c2cccc(-n3c4ccccc4c4ccc5c6ccccc6sc5c43)c2)cc(-c2nc(-c3ccc4c(c3)oc3ccccc34)nc(-c3ccc4c(c3)oc3ccccc34)n2)c1. The molecule has 9 aromatic carbocycles. The Labute approximate surface area is 368 Å². The zero-order chi connectivity index (χ0) is 41.9. The predicted molar refractivity (Wildman–Crippen MR) is 263 cm³/mol. The molecule has 0 bridgehead atoms. The van der Waals surface area contributed by atoms with Crippen LogP contribution in [0.15, 0.2) is 203 Å². The maximum atomic E-state index is 6.32. The lowest BCUT2D eigenvalue weighted by molar-refractivity contribution is 0.668. The summed E-state index contributed by atoms with van der Waals surface area (Å²) in [6.07, 6.45) is 0. The molecule has 7 heteroatoms. The Bertz CT molecular complexity index is 4100. The molecule has 0 aliphatic rings. The molecule has 64 heavy (non-hydrogen) atoms. The fourth-order valence-corrected chi connectivity index (χ4v) is 10.9. The molecule has 0 radical (unpaired) electrons. The minimum absolute atomic E-state index is 0.554. The van der Waals surface area contributed by atoms with Gasteiger partial charge in [0.25, 0.3) is 0 Å². The molecule has 14 aromatic rings. The Hall–Kier alpha value is -8.39. The highest BCUT2D eigenvalue weighted by Crippen LogP contribution is 2.43. The van der Waals surface area contributed by atoms with Crippen LogP contribution in [0.25, 0.3) is 137 Å². The number of rotatable bonds is 5. The quantitative estimate of drug-likeness (QED) is 0.173. The van der Waals surface area contributed by atoms with Crippen LogP contribution in [-0.4, -0.2) is 19.5 Å². The van der Waals surface area contributed by atoms with Crippen molar-refractivity contribution < 1.29 is 8.83 Å². The van der Waals surface area contributed by atoms with Gasteiger partial charge < -0.3 is 13.4 Å². The van der Waals surface area contributed by atoms with Crippen molar-refractivity contribution in [3.8, 4) is 51.0 Å². The van der Waals surface area contributed by atoms with E-state index in [0.29, 0.717) is 17.5 Å². The summed E-state index contributed by atoms with van der Waals surface area (Å²) in [5, 5.41) is 9.32. The van der Waals surface area contributed by atoms with Gasteiger partial charge in [-0.25, -0.2) is 15.0 Å². The van der Waals surface area contributed by atoms with E-state index >= 15 is 0 Å². The van der Waals surface area contributed by atoms with Gasteiger partial charge in [-0.3, -0.25) is 0 Å². The van der Waals surface area contributed by atoms with E-state index in [-0.39, 0.29) is 0 Å². The zero-order valence-corrected chi connectivity index (χ0v) is 34.8. The molecule has 298 valence electrons. The third-order valence-electron chi connectivity index (χ3n) is 12.6. The fraction of sp³-hybridized carbons (Fsp3) is 0. The van der Waals surface area contributed by atoms with E-state index in [2.05, 4.69) is 150 Å². The number of aromatic nitrogens is 4. The Morgan fingerprint density at radius 1 is 0.344 bits per heavy atom. The van der Waals surface area contributed by atoms with Crippen LogP contribution in [0.1, 0.15) is 0 Å². The molecule has 5 aromatic heterocycles. The van der Waals surface area contributed by atoms with E-state index in [9.17, 15) is 0 Å². The number of nitrogens with zero attached hydrogens (tertiary/aromatic N) is 4. The average Bonchev–Trinajstić information content (AvgIpc) is 4.12. The molecule has 0 N–H and O–H groups in total. The van der Waals surface area contributed by atoms with Gasteiger partial charge in [-0.05, 0) is 77.9 Å². The molecule has 0 fully saturated rings. The van der Waals surface area contributed by atoms with Gasteiger partial charge in [0.05, 0.1) is 15.7 Å². The van der Waals surface area contributed by atoms with Gasteiger partial charge in [0.15, 0.2) is 17.5 Å². The first-order chi connectivity index (χ1) is 31.7. The van der Waals surface area contributed by atoms with Crippen molar-refractivity contribution in [2.75, 3.05) is 0 Å². The van der Waals surface area contributed by atoms with Crippen molar-refractivity contribution in [3.05, 3.63) is 194 Å². The van der Waals surface area contributed by atoms with Gasteiger partial charge in [-0.15, -0.1) is 11.3 Å². The van der Waals surface area contributed by atoms with E-state index in [1.807, 2.05) is 59.9 Å². The molecule has 0 amide bonds. The van der Waals surface area contributed by atoms with Crippen LogP contribution in [0.2, 0.25) is 0 Å². The molecular weight excluding hydrogens is 805 g/mol. The fourth-order valence-electron chi connectivity index (χ4n) is 9.65. The second-order valence-corrected chi connectivity index (χ2v) is 17.4. The standard InChI is InChI=1S/C57H32N4O2S/c1-5-19-47-39(15-1)45-27-28-46-44-18-4-8-22-52(44)64-54(46)53(45)61(47)38-14-10-12-34(30-38)33-11-9-13-35(29-33)55-58-56(36-23-25-42-40-16-2-6-20-48(40)62-50(42)31-36)60-57(59-55)37-24-26-43-41-17-3-7-21-49(41)63-51(43)32-37/h1-32H. The summed E-state index contributed by atoms with van der Waals surface area (Å²) in [5.74, 6) is 1.68. The Kier molecular flexibility index (Phi) is 7.46. The van der Waals surface area contributed by atoms with Crippen molar-refractivity contribution >= 4 is 97.2 Å². The maximum Gasteiger partial charge on any atom is 0.164 e. The van der Waals surface area contributed by atoms with Gasteiger partial charge in [0.1, 0.15) is 22.3 Å². The third-order valence-corrected chi connectivity index (χ3v) is 13.8. The predicted octanol–water partition coefficient (Wildman–Crippen LogP) is 15.8. The number of thiophene rings is 1. The van der Waals surface area contributed by atoms with Crippen LogP contribution >= 0.6 is 11.3 Å². The van der Waals surface area contributed by atoms with Crippen LogP contribution in [0, 0.1) is 0 Å². The highest BCUT2D eigenvalue weighted by molar-refractivity contribution is 7.26. The number of benzene rings is 9. The lowest BCUT2D eigenvalue weighted by atomic mass is 10.0. The normalized spacial score (nSPS) is 12.1. The van der Waals surface area contributed by atoms with E-state index in [1.54, 1.807) is 0 Å². The monoisotopic (exact) mass is 836 g/mol. The van der Waals surface area contributed by atoms with E-state index in [4.69, 9.17) is 23.8 Å². The Morgan fingerprint density at radius 3 is 1.53 bits per heavy atom. The molecule has 5 heterocycles. The molecule has 0 atom stereocenters. The second-order valence-electron chi connectivity index (χ2n) is 16.3. The number of furan rings is 2. The van der Waals surface area contributed by atoms with Gasteiger partial charge in [0, 0.05) is 70.2 Å². The van der Waals surface area contributed by atoms with Gasteiger partial charge in [0.2, 0.25) is 0 Å². The summed E-state index contributed by atoms with van der Waals surface area (Å²) >= 11 is 1.87. The van der Waals surface area contributed by atoms with Crippen molar-refractivity contribution in [1.29, 1.82) is 0 Å². The van der Waals surface area contributed by atoms with Crippen LogP contribution in [0.5, 0.6) is 0 Å². The summed E-state index contributed by atoms with van der Waals surface area (Å²) in [7, 11) is 0. The summed E-state index contributed by atoms with van der Waals surface area (Å²) in [6, 6.07) is 68.0. The van der Waals surface area contributed by atoms with Crippen molar-refractivity contribution in [2.45, 2.75) is 0 Å². The molecule has 6 nitrogen and oxygen atoms in total. The third kappa shape index (κ3) is 5.35. The summed E-state index contributed by atoms with van der Waals surface area (Å²) in [4.78, 5) is 15.5. The number of para-hydroxylation sites is 3. The smallest absolute Gasteiger partial charge is 0.164 e. The van der Waals surface area contributed by atoms with Crippen LogP contribution in [0.4, 0.5) is 0 Å². The number of hydrogen-bond donors (Lipinski definition) is 0. The summed E-state index contributed by atoms with van der Waals surface area (Å²) < 4.78 is 17.7. The van der Waals surface area contributed by atoms with Crippen molar-refractivity contribution in [2.24, 2.45) is 0 Å². The van der Waals surface area contributed by atoms with Crippen LogP contribution in [-0.2, 0) is 0 Å². The Morgan fingerprint density at radius 2 is 0.844 bits per heavy atom. The minimum atomic E-state index is 0.554. The van der Waals surface area contributed by atoms with E-state index < -0.39 is 0 Å². The highest BCUT2D eigenvalue weighted by atomic mass is 32.1. The van der Waals surface area contributed by atoms with Gasteiger partial charge >= 0.3 is 0 Å². The average molecular weight is 837 g/mol. The van der Waals surface area contributed by atoms with E-state index in [1.165, 1.54) is 42.0 Å². The van der Waals surface area contributed by atoms with Crippen molar-refractivity contribution in [1.82, 2.24) is 19.5 Å². The molecule has 0 aliphatic carbocycles. The summed E-state index contributed by atoms with van der Waals surface area (Å²) in [5.41, 5.74) is 11.5. The number of hydrogen-bond acceptors (Lipinski definition) is 6. The second kappa shape index (κ2) is 13.6. The first-order valence-electron chi connectivity index (χ1n) is 21.3. The molecule has 0 saturated carbocycles. The van der Waals surface area contributed by atoms with E-state index in [0.717, 1.165) is 77.4 Å². The number of fused-ring (bicyclic) bond motifs is 13. The first-order valence-corrected chi connectivity index (χ1v) is 22.1.